The van der Waals surface area contributed by atoms with E-state index in [0.717, 1.165) is 22.4 Å². The Morgan fingerprint density at radius 1 is 1.06 bits per heavy atom. The second kappa shape index (κ2) is 10.6. The van der Waals surface area contributed by atoms with Crippen molar-refractivity contribution >= 4 is 47.1 Å². The Balaban J connectivity index is 1.49. The number of pyridine rings is 1. The maximum absolute atomic E-state index is 12.3. The van der Waals surface area contributed by atoms with Gasteiger partial charge in [0.15, 0.2) is 11.0 Å². The first-order valence-electron chi connectivity index (χ1n) is 9.84. The summed E-state index contributed by atoms with van der Waals surface area (Å²) < 4.78 is 1.92. The number of aryl methyl sites for hydroxylation is 1. The first-order chi connectivity index (χ1) is 16.0. The first-order valence-corrected chi connectivity index (χ1v) is 11.6. The summed E-state index contributed by atoms with van der Waals surface area (Å²) in [5.41, 5.74) is 6.15. The van der Waals surface area contributed by atoms with Crippen molar-refractivity contribution < 1.29 is 4.79 Å². The number of aromatic nitrogens is 4. The lowest BCUT2D eigenvalue weighted by Crippen LogP contribution is -2.20. The number of hydrazone groups is 1. The lowest BCUT2D eigenvalue weighted by molar-refractivity contribution is -0.118. The van der Waals surface area contributed by atoms with Gasteiger partial charge in [-0.1, -0.05) is 58.7 Å². The fraction of sp³-hybridized carbons (Fsp3) is 0.0870. The molecule has 0 saturated carbocycles. The van der Waals surface area contributed by atoms with Gasteiger partial charge in [-0.15, -0.1) is 10.2 Å². The van der Waals surface area contributed by atoms with E-state index in [9.17, 15) is 4.79 Å². The Labute approximate surface area is 204 Å². The molecule has 10 heteroatoms. The summed E-state index contributed by atoms with van der Waals surface area (Å²) in [5.74, 6) is 0.501. The van der Waals surface area contributed by atoms with Gasteiger partial charge in [0.1, 0.15) is 0 Å². The molecule has 0 radical (unpaired) electrons. The fourth-order valence-corrected chi connectivity index (χ4v) is 3.96. The highest BCUT2D eigenvalue weighted by Crippen LogP contribution is 2.28. The third kappa shape index (κ3) is 5.78. The molecule has 166 valence electrons. The van der Waals surface area contributed by atoms with Crippen LogP contribution in [0, 0.1) is 6.92 Å². The van der Waals surface area contributed by atoms with E-state index in [4.69, 9.17) is 23.2 Å². The van der Waals surface area contributed by atoms with E-state index in [1.54, 1.807) is 30.6 Å². The van der Waals surface area contributed by atoms with E-state index in [-0.39, 0.29) is 11.7 Å². The number of carbonyl (C=O) groups excluding carboxylic acids is 1. The lowest BCUT2D eigenvalue weighted by atomic mass is 10.2. The molecule has 33 heavy (non-hydrogen) atoms. The molecule has 0 unspecified atom stereocenters. The van der Waals surface area contributed by atoms with Gasteiger partial charge in [0.05, 0.1) is 22.0 Å². The van der Waals surface area contributed by atoms with Crippen molar-refractivity contribution in [2.75, 3.05) is 5.75 Å². The van der Waals surface area contributed by atoms with Gasteiger partial charge in [-0.05, 0) is 48.9 Å². The molecule has 1 N–H and O–H groups in total. The summed E-state index contributed by atoms with van der Waals surface area (Å²) in [6, 6.07) is 16.9. The Morgan fingerprint density at radius 2 is 1.82 bits per heavy atom. The number of carbonyl (C=O) groups is 1. The molecule has 4 aromatic rings. The molecular formula is C23H18Cl2N6OS. The predicted molar refractivity (Wildman–Crippen MR) is 132 cm³/mol. The minimum absolute atomic E-state index is 0.110. The smallest absolute Gasteiger partial charge is 0.250 e. The summed E-state index contributed by atoms with van der Waals surface area (Å²) >= 11 is 13.2. The van der Waals surface area contributed by atoms with Gasteiger partial charge >= 0.3 is 0 Å². The third-order valence-electron chi connectivity index (χ3n) is 4.54. The van der Waals surface area contributed by atoms with Crippen LogP contribution in [0.5, 0.6) is 0 Å². The molecule has 0 spiro atoms. The summed E-state index contributed by atoms with van der Waals surface area (Å²) in [6.45, 7) is 2.03. The Bertz CT molecular complexity index is 1290. The molecule has 0 aliphatic carbocycles. The minimum atomic E-state index is -0.278. The quantitative estimate of drug-likeness (QED) is 0.216. The molecule has 2 aromatic carbocycles. The molecule has 0 bridgehead atoms. The molecule has 7 nitrogen and oxygen atoms in total. The highest BCUT2D eigenvalue weighted by molar-refractivity contribution is 7.99. The highest BCUT2D eigenvalue weighted by Gasteiger charge is 2.17. The van der Waals surface area contributed by atoms with Crippen molar-refractivity contribution in [3.05, 3.63) is 88.2 Å². The summed E-state index contributed by atoms with van der Waals surface area (Å²) in [7, 11) is 0. The summed E-state index contributed by atoms with van der Waals surface area (Å²) in [6.07, 6.45) is 4.91. The molecule has 0 aliphatic rings. The molecule has 2 aromatic heterocycles. The fourth-order valence-electron chi connectivity index (χ4n) is 2.91. The number of rotatable bonds is 7. The Morgan fingerprint density at radius 3 is 2.55 bits per heavy atom. The van der Waals surface area contributed by atoms with E-state index >= 15 is 0 Å². The largest absolute Gasteiger partial charge is 0.272 e. The molecule has 0 fully saturated rings. The van der Waals surface area contributed by atoms with Gasteiger partial charge in [0, 0.05) is 23.6 Å². The van der Waals surface area contributed by atoms with Gasteiger partial charge in [-0.3, -0.25) is 14.3 Å². The average molecular weight is 497 g/mol. The molecule has 0 saturated heterocycles. The molecular weight excluding hydrogens is 479 g/mol. The van der Waals surface area contributed by atoms with Crippen molar-refractivity contribution in [2.24, 2.45) is 5.10 Å². The number of halogens is 2. The van der Waals surface area contributed by atoms with E-state index < -0.39 is 0 Å². The van der Waals surface area contributed by atoms with Crippen LogP contribution in [0.2, 0.25) is 10.0 Å². The molecule has 2 heterocycles. The van der Waals surface area contributed by atoms with Gasteiger partial charge in [0.2, 0.25) is 0 Å². The molecule has 0 aliphatic heterocycles. The van der Waals surface area contributed by atoms with Crippen LogP contribution < -0.4 is 5.43 Å². The van der Waals surface area contributed by atoms with Crippen LogP contribution in [0.4, 0.5) is 0 Å². The number of hydrogen-bond acceptors (Lipinski definition) is 6. The second-order valence-corrected chi connectivity index (χ2v) is 8.73. The Kier molecular flexibility index (Phi) is 7.39. The van der Waals surface area contributed by atoms with Gasteiger partial charge in [-0.2, -0.15) is 5.10 Å². The maximum Gasteiger partial charge on any atom is 0.250 e. The van der Waals surface area contributed by atoms with Gasteiger partial charge < -0.3 is 0 Å². The van der Waals surface area contributed by atoms with Crippen LogP contribution in [0.15, 0.2) is 77.2 Å². The number of hydrogen-bond donors (Lipinski definition) is 1. The van der Waals surface area contributed by atoms with Crippen LogP contribution >= 0.6 is 35.0 Å². The lowest BCUT2D eigenvalue weighted by Gasteiger charge is -2.10. The number of benzene rings is 2. The van der Waals surface area contributed by atoms with Crippen molar-refractivity contribution in [3.8, 4) is 17.1 Å². The second-order valence-electron chi connectivity index (χ2n) is 6.97. The maximum atomic E-state index is 12.3. The van der Waals surface area contributed by atoms with Crippen LogP contribution in [0.3, 0.4) is 0 Å². The average Bonchev–Trinajstić information content (AvgIpc) is 3.25. The number of nitrogens with zero attached hydrogens (tertiary/aromatic N) is 5. The Hall–Kier alpha value is -3.20. The van der Waals surface area contributed by atoms with E-state index in [1.807, 2.05) is 47.9 Å². The zero-order chi connectivity index (χ0) is 23.2. The normalized spacial score (nSPS) is 11.1. The van der Waals surface area contributed by atoms with Crippen molar-refractivity contribution in [2.45, 2.75) is 12.1 Å². The SMILES string of the molecule is Cc1ccc(-n2c(SCC(=O)NN=Cc3ccc(Cl)c(Cl)c3)nnc2-c2ccncc2)cc1. The number of thioether (sulfide) groups is 1. The van der Waals surface area contributed by atoms with Crippen LogP contribution in [0.25, 0.3) is 17.1 Å². The van der Waals surface area contributed by atoms with Crippen LogP contribution in [-0.4, -0.2) is 37.6 Å². The van der Waals surface area contributed by atoms with Crippen LogP contribution in [-0.2, 0) is 4.79 Å². The standard InChI is InChI=1S/C23H18Cl2N6OS/c1-15-2-5-18(6-3-15)31-22(17-8-10-26-11-9-17)29-30-23(31)33-14-21(32)28-27-13-16-4-7-19(24)20(25)12-16/h2-13H,14H2,1H3,(H,28,32). The molecule has 1 amide bonds. The zero-order valence-electron chi connectivity index (χ0n) is 17.4. The highest BCUT2D eigenvalue weighted by atomic mass is 35.5. The number of nitrogens with one attached hydrogen (secondary N) is 1. The van der Waals surface area contributed by atoms with Crippen molar-refractivity contribution in [1.82, 2.24) is 25.2 Å². The monoisotopic (exact) mass is 496 g/mol. The first kappa shape index (κ1) is 23.0. The molecule has 0 atom stereocenters. The van der Waals surface area contributed by atoms with Gasteiger partial charge in [-0.25, -0.2) is 5.43 Å². The zero-order valence-corrected chi connectivity index (χ0v) is 19.8. The van der Waals surface area contributed by atoms with E-state index in [0.29, 0.717) is 21.0 Å². The topological polar surface area (TPSA) is 85.1 Å². The van der Waals surface area contributed by atoms with Crippen molar-refractivity contribution in [1.29, 1.82) is 0 Å². The van der Waals surface area contributed by atoms with Crippen LogP contribution in [0.1, 0.15) is 11.1 Å². The number of amides is 1. The minimum Gasteiger partial charge on any atom is -0.272 e. The van der Waals surface area contributed by atoms with Crippen molar-refractivity contribution in [3.63, 3.8) is 0 Å². The third-order valence-corrected chi connectivity index (χ3v) is 6.21. The molecule has 4 rings (SSSR count). The summed E-state index contributed by atoms with van der Waals surface area (Å²) in [5, 5.41) is 14.1. The van der Waals surface area contributed by atoms with E-state index in [2.05, 4.69) is 25.7 Å². The summed E-state index contributed by atoms with van der Waals surface area (Å²) in [4.78, 5) is 16.4. The van der Waals surface area contributed by atoms with E-state index in [1.165, 1.54) is 18.0 Å². The van der Waals surface area contributed by atoms with Gasteiger partial charge in [0.25, 0.3) is 5.91 Å². The predicted octanol–water partition coefficient (Wildman–Crippen LogP) is 5.19.